The van der Waals surface area contributed by atoms with Crippen LogP contribution in [0.5, 0.6) is 0 Å². The van der Waals surface area contributed by atoms with E-state index in [4.69, 9.17) is 0 Å². The van der Waals surface area contributed by atoms with Gasteiger partial charge in [0, 0.05) is 0 Å². The van der Waals surface area contributed by atoms with Crippen molar-refractivity contribution in [2.24, 2.45) is 23.7 Å². The van der Waals surface area contributed by atoms with E-state index >= 15 is 0 Å². The maximum atomic E-state index is 10.6. The summed E-state index contributed by atoms with van der Waals surface area (Å²) in [6, 6.07) is 0. The highest BCUT2D eigenvalue weighted by atomic mass is 16.3. The lowest BCUT2D eigenvalue weighted by molar-refractivity contribution is -0.0208. The van der Waals surface area contributed by atoms with Crippen LogP contribution in [0.3, 0.4) is 0 Å². The number of hydrogen-bond donors (Lipinski definition) is 2. The van der Waals surface area contributed by atoms with Crippen molar-refractivity contribution in [1.82, 2.24) is 0 Å². The molecule has 2 N–H and O–H groups in total. The Morgan fingerprint density at radius 1 is 0.550 bits per heavy atom. The van der Waals surface area contributed by atoms with Crippen LogP contribution in [0.25, 0.3) is 0 Å². The average molecular weight is 280 g/mol. The van der Waals surface area contributed by atoms with Crippen molar-refractivity contribution in [2.45, 2.75) is 89.3 Å². The van der Waals surface area contributed by atoms with Gasteiger partial charge in [-0.2, -0.15) is 0 Å². The van der Waals surface area contributed by atoms with Gasteiger partial charge in [-0.15, -0.1) is 0 Å². The summed E-state index contributed by atoms with van der Waals surface area (Å²) in [7, 11) is 0. The van der Waals surface area contributed by atoms with Crippen LogP contribution >= 0.6 is 0 Å². The third-order valence-electron chi connectivity index (χ3n) is 6.57. The molecule has 3 saturated carbocycles. The quantitative estimate of drug-likeness (QED) is 0.805. The molecule has 3 unspecified atom stereocenters. The molecule has 0 radical (unpaired) electrons. The molecule has 20 heavy (non-hydrogen) atoms. The molecule has 3 aliphatic carbocycles. The molecule has 116 valence electrons. The number of aliphatic hydroxyl groups excluding tert-OH is 2. The SMILES string of the molecule is OC1CCC(C2CCC(C3CCCCC3)CC2O)CC1. The minimum Gasteiger partial charge on any atom is -0.393 e. The molecule has 0 aliphatic heterocycles. The van der Waals surface area contributed by atoms with Crippen molar-refractivity contribution in [2.75, 3.05) is 0 Å². The Morgan fingerprint density at radius 3 is 1.85 bits per heavy atom. The molecule has 0 spiro atoms. The van der Waals surface area contributed by atoms with Crippen LogP contribution in [0.1, 0.15) is 77.0 Å². The minimum absolute atomic E-state index is 0.0593. The van der Waals surface area contributed by atoms with Crippen molar-refractivity contribution in [3.63, 3.8) is 0 Å². The Hall–Kier alpha value is -0.0800. The second-order valence-electron chi connectivity index (χ2n) is 7.77. The summed E-state index contributed by atoms with van der Waals surface area (Å²) >= 11 is 0. The van der Waals surface area contributed by atoms with Crippen molar-refractivity contribution in [3.8, 4) is 0 Å². The van der Waals surface area contributed by atoms with Gasteiger partial charge in [-0.1, -0.05) is 32.1 Å². The van der Waals surface area contributed by atoms with Crippen LogP contribution in [0.15, 0.2) is 0 Å². The van der Waals surface area contributed by atoms with E-state index in [0.29, 0.717) is 11.8 Å². The number of aliphatic hydroxyl groups is 2. The average Bonchev–Trinajstić information content (AvgIpc) is 2.49. The van der Waals surface area contributed by atoms with Crippen LogP contribution in [-0.4, -0.2) is 22.4 Å². The Kier molecular flexibility index (Phi) is 5.04. The fourth-order valence-corrected chi connectivity index (χ4v) is 5.32. The van der Waals surface area contributed by atoms with Crippen molar-refractivity contribution >= 4 is 0 Å². The monoisotopic (exact) mass is 280 g/mol. The van der Waals surface area contributed by atoms with Crippen molar-refractivity contribution in [1.29, 1.82) is 0 Å². The third-order valence-corrected chi connectivity index (χ3v) is 6.57. The standard InChI is InChI=1S/C18H32O2/c19-16-9-6-14(7-10-16)17-11-8-15(12-18(17)20)13-4-2-1-3-5-13/h13-20H,1-12H2. The molecule has 3 aliphatic rings. The summed E-state index contributed by atoms with van der Waals surface area (Å²) in [5.41, 5.74) is 0. The Balaban J connectivity index is 1.51. The normalized spacial score (nSPS) is 44.4. The summed E-state index contributed by atoms with van der Waals surface area (Å²) in [5, 5.41) is 20.3. The van der Waals surface area contributed by atoms with Crippen LogP contribution in [-0.2, 0) is 0 Å². The van der Waals surface area contributed by atoms with Gasteiger partial charge in [-0.05, 0) is 68.6 Å². The van der Waals surface area contributed by atoms with E-state index in [1.54, 1.807) is 0 Å². The van der Waals surface area contributed by atoms with Gasteiger partial charge < -0.3 is 10.2 Å². The topological polar surface area (TPSA) is 40.5 Å². The van der Waals surface area contributed by atoms with Crippen LogP contribution in [0.4, 0.5) is 0 Å². The molecule has 2 heteroatoms. The van der Waals surface area contributed by atoms with E-state index < -0.39 is 0 Å². The Bertz CT molecular complexity index is 290. The van der Waals surface area contributed by atoms with Gasteiger partial charge in [0.05, 0.1) is 12.2 Å². The molecule has 0 aromatic carbocycles. The predicted octanol–water partition coefficient (Wildman–Crippen LogP) is 3.90. The van der Waals surface area contributed by atoms with E-state index in [1.807, 2.05) is 0 Å². The van der Waals surface area contributed by atoms with E-state index in [-0.39, 0.29) is 12.2 Å². The zero-order valence-electron chi connectivity index (χ0n) is 12.8. The van der Waals surface area contributed by atoms with Crippen molar-refractivity contribution < 1.29 is 10.2 Å². The van der Waals surface area contributed by atoms with Crippen LogP contribution < -0.4 is 0 Å². The summed E-state index contributed by atoms with van der Waals surface area (Å²) in [4.78, 5) is 0. The van der Waals surface area contributed by atoms with Gasteiger partial charge in [0.1, 0.15) is 0 Å². The predicted molar refractivity (Wildman–Crippen MR) is 81.4 cm³/mol. The van der Waals surface area contributed by atoms with Crippen molar-refractivity contribution in [3.05, 3.63) is 0 Å². The maximum Gasteiger partial charge on any atom is 0.0573 e. The van der Waals surface area contributed by atoms with Gasteiger partial charge in [0.15, 0.2) is 0 Å². The first-order valence-electron chi connectivity index (χ1n) is 9.10. The van der Waals surface area contributed by atoms with Gasteiger partial charge in [0.25, 0.3) is 0 Å². The summed E-state index contributed by atoms with van der Waals surface area (Å²) < 4.78 is 0. The lowest BCUT2D eigenvalue weighted by Gasteiger charge is -2.43. The first-order valence-corrected chi connectivity index (χ1v) is 9.10. The highest BCUT2D eigenvalue weighted by Crippen LogP contribution is 2.44. The summed E-state index contributed by atoms with van der Waals surface area (Å²) in [6.45, 7) is 0. The smallest absolute Gasteiger partial charge is 0.0573 e. The molecular weight excluding hydrogens is 248 g/mol. The molecule has 3 atom stereocenters. The van der Waals surface area contributed by atoms with E-state index in [2.05, 4.69) is 0 Å². The molecule has 0 aromatic heterocycles. The molecule has 0 aromatic rings. The number of hydrogen-bond acceptors (Lipinski definition) is 2. The lowest BCUT2D eigenvalue weighted by atomic mass is 9.65. The fraction of sp³-hybridized carbons (Fsp3) is 1.00. The second-order valence-corrected chi connectivity index (χ2v) is 7.77. The van der Waals surface area contributed by atoms with Gasteiger partial charge in [-0.25, -0.2) is 0 Å². The molecule has 3 fully saturated rings. The molecule has 2 nitrogen and oxygen atoms in total. The fourth-order valence-electron chi connectivity index (χ4n) is 5.32. The Labute approximate surface area is 124 Å². The molecular formula is C18H32O2. The maximum absolute atomic E-state index is 10.6. The van der Waals surface area contributed by atoms with Gasteiger partial charge >= 0.3 is 0 Å². The van der Waals surface area contributed by atoms with Crippen LogP contribution in [0.2, 0.25) is 0 Å². The third kappa shape index (κ3) is 3.39. The molecule has 0 amide bonds. The first kappa shape index (κ1) is 14.8. The lowest BCUT2D eigenvalue weighted by Crippen LogP contribution is -2.38. The largest absolute Gasteiger partial charge is 0.393 e. The zero-order valence-corrected chi connectivity index (χ0v) is 12.8. The van der Waals surface area contributed by atoms with Gasteiger partial charge in [-0.3, -0.25) is 0 Å². The second kappa shape index (κ2) is 6.79. The Morgan fingerprint density at radius 2 is 1.20 bits per heavy atom. The first-order chi connectivity index (χ1) is 9.74. The van der Waals surface area contributed by atoms with E-state index in [1.165, 1.54) is 44.9 Å². The number of rotatable bonds is 2. The summed E-state index contributed by atoms with van der Waals surface area (Å²) in [6.07, 6.45) is 14.8. The molecule has 0 saturated heterocycles. The molecule has 3 rings (SSSR count). The molecule has 0 bridgehead atoms. The molecule has 0 heterocycles. The van der Waals surface area contributed by atoms with E-state index in [9.17, 15) is 10.2 Å². The zero-order chi connectivity index (χ0) is 13.9. The summed E-state index contributed by atoms with van der Waals surface area (Å²) in [5.74, 6) is 2.92. The van der Waals surface area contributed by atoms with Gasteiger partial charge in [0.2, 0.25) is 0 Å². The minimum atomic E-state index is -0.0676. The highest BCUT2D eigenvalue weighted by Gasteiger charge is 2.38. The highest BCUT2D eigenvalue weighted by molar-refractivity contribution is 4.89. The van der Waals surface area contributed by atoms with E-state index in [0.717, 1.165) is 43.9 Å². The van der Waals surface area contributed by atoms with Crippen LogP contribution in [0, 0.1) is 23.7 Å².